The summed E-state index contributed by atoms with van der Waals surface area (Å²) in [4.78, 5) is 15.1. The van der Waals surface area contributed by atoms with Crippen LogP contribution in [0.15, 0.2) is 29.2 Å². The van der Waals surface area contributed by atoms with E-state index >= 15 is 0 Å². The van der Waals surface area contributed by atoms with Crippen molar-refractivity contribution in [2.75, 3.05) is 24.2 Å². The minimum absolute atomic E-state index is 0.0303. The van der Waals surface area contributed by atoms with Gasteiger partial charge in [-0.1, -0.05) is 6.92 Å². The Labute approximate surface area is 130 Å². The lowest BCUT2D eigenvalue weighted by Crippen LogP contribution is -2.42. The average molecular weight is 303 g/mol. The maximum atomic E-state index is 12.2. The van der Waals surface area contributed by atoms with Crippen molar-refractivity contribution >= 4 is 23.5 Å². The lowest BCUT2D eigenvalue weighted by Gasteiger charge is -2.29. The standard InChI is InChI=1S/C16H21N3OS/c1-2-10-21-15-7-5-14(6-8-15)18-16(20)19-9-3-4-13(11-17)12-19/h5-8,13H,2-4,9-10,12H2,1H3,(H,18,20)/t13-/m0/s1. The van der Waals surface area contributed by atoms with E-state index in [0.717, 1.165) is 37.2 Å². The van der Waals surface area contributed by atoms with Crippen molar-refractivity contribution in [3.8, 4) is 6.07 Å². The monoisotopic (exact) mass is 303 g/mol. The highest BCUT2D eigenvalue weighted by Crippen LogP contribution is 2.22. The quantitative estimate of drug-likeness (QED) is 0.857. The third-order valence-corrected chi connectivity index (χ3v) is 4.69. The maximum Gasteiger partial charge on any atom is 0.321 e. The Balaban J connectivity index is 1.88. The number of piperidine rings is 1. The third kappa shape index (κ3) is 4.68. The van der Waals surface area contributed by atoms with Crippen LogP contribution in [0, 0.1) is 17.2 Å². The molecule has 0 spiro atoms. The molecule has 1 N–H and O–H groups in total. The second-order valence-corrected chi connectivity index (χ2v) is 6.39. The van der Waals surface area contributed by atoms with Gasteiger partial charge in [-0.15, -0.1) is 11.8 Å². The van der Waals surface area contributed by atoms with Gasteiger partial charge < -0.3 is 10.2 Å². The van der Waals surface area contributed by atoms with Crippen LogP contribution in [0.2, 0.25) is 0 Å². The summed E-state index contributed by atoms with van der Waals surface area (Å²) in [6.45, 7) is 3.43. The zero-order valence-corrected chi connectivity index (χ0v) is 13.2. The minimum atomic E-state index is -0.107. The molecule has 1 saturated heterocycles. The minimum Gasteiger partial charge on any atom is -0.323 e. The lowest BCUT2D eigenvalue weighted by molar-refractivity contribution is 0.189. The van der Waals surface area contributed by atoms with E-state index in [0.29, 0.717) is 6.54 Å². The van der Waals surface area contributed by atoms with Crippen molar-refractivity contribution < 1.29 is 4.79 Å². The summed E-state index contributed by atoms with van der Waals surface area (Å²) in [7, 11) is 0. The van der Waals surface area contributed by atoms with E-state index in [-0.39, 0.29) is 11.9 Å². The molecule has 0 radical (unpaired) electrons. The normalized spacial score (nSPS) is 18.1. The topological polar surface area (TPSA) is 56.1 Å². The molecule has 2 rings (SSSR count). The van der Waals surface area contributed by atoms with Gasteiger partial charge in [0, 0.05) is 23.7 Å². The number of likely N-dealkylation sites (tertiary alicyclic amines) is 1. The number of anilines is 1. The highest BCUT2D eigenvalue weighted by molar-refractivity contribution is 7.99. The van der Waals surface area contributed by atoms with E-state index in [1.165, 1.54) is 4.90 Å². The number of hydrogen-bond donors (Lipinski definition) is 1. The van der Waals surface area contributed by atoms with Crippen LogP contribution in [-0.4, -0.2) is 29.8 Å². The summed E-state index contributed by atoms with van der Waals surface area (Å²) in [5.74, 6) is 1.08. The largest absolute Gasteiger partial charge is 0.323 e. The Morgan fingerprint density at radius 3 is 2.90 bits per heavy atom. The molecule has 1 fully saturated rings. The van der Waals surface area contributed by atoms with Gasteiger partial charge in [0.15, 0.2) is 0 Å². The predicted molar refractivity (Wildman–Crippen MR) is 86.4 cm³/mol. The number of nitrogens with zero attached hydrogens (tertiary/aromatic N) is 2. The lowest BCUT2D eigenvalue weighted by atomic mass is 10.0. The predicted octanol–water partition coefficient (Wildman–Crippen LogP) is 3.96. The summed E-state index contributed by atoms with van der Waals surface area (Å²) in [6, 6.07) is 10.1. The van der Waals surface area contributed by atoms with Crippen LogP contribution in [0.3, 0.4) is 0 Å². The van der Waals surface area contributed by atoms with Crippen molar-refractivity contribution in [1.82, 2.24) is 4.90 Å². The number of carbonyl (C=O) groups is 1. The van der Waals surface area contributed by atoms with Gasteiger partial charge in [-0.05, 0) is 49.3 Å². The molecule has 1 aliphatic heterocycles. The van der Waals surface area contributed by atoms with Crippen LogP contribution in [-0.2, 0) is 0 Å². The van der Waals surface area contributed by atoms with E-state index < -0.39 is 0 Å². The molecule has 1 aromatic rings. The fourth-order valence-electron chi connectivity index (χ4n) is 2.32. The summed E-state index contributed by atoms with van der Waals surface area (Å²) in [6.07, 6.45) is 2.94. The third-order valence-electron chi connectivity index (χ3n) is 3.47. The SMILES string of the molecule is CCCSc1ccc(NC(=O)N2CCC[C@@H](C#N)C2)cc1. The summed E-state index contributed by atoms with van der Waals surface area (Å²) >= 11 is 1.82. The molecule has 1 atom stereocenters. The Hall–Kier alpha value is -1.67. The fourth-order valence-corrected chi connectivity index (χ4v) is 3.09. The van der Waals surface area contributed by atoms with Gasteiger partial charge in [0.1, 0.15) is 0 Å². The van der Waals surface area contributed by atoms with Crippen molar-refractivity contribution in [3.05, 3.63) is 24.3 Å². The molecule has 0 saturated carbocycles. The second-order valence-electron chi connectivity index (χ2n) is 5.22. The van der Waals surface area contributed by atoms with Gasteiger partial charge in [-0.2, -0.15) is 5.26 Å². The van der Waals surface area contributed by atoms with Gasteiger partial charge in [-0.3, -0.25) is 0 Å². The Morgan fingerprint density at radius 2 is 2.24 bits per heavy atom. The number of benzene rings is 1. The first kappa shape index (κ1) is 15.7. The number of nitriles is 1. The maximum absolute atomic E-state index is 12.2. The van der Waals surface area contributed by atoms with Crippen LogP contribution in [0.4, 0.5) is 10.5 Å². The number of amides is 2. The summed E-state index contributed by atoms with van der Waals surface area (Å²) < 4.78 is 0. The van der Waals surface area contributed by atoms with E-state index in [1.54, 1.807) is 4.90 Å². The molecular formula is C16H21N3OS. The Bertz CT molecular complexity index is 509. The highest BCUT2D eigenvalue weighted by Gasteiger charge is 2.23. The molecular weight excluding hydrogens is 282 g/mol. The number of carbonyl (C=O) groups excluding carboxylic acids is 1. The smallest absolute Gasteiger partial charge is 0.321 e. The summed E-state index contributed by atoms with van der Waals surface area (Å²) in [5.41, 5.74) is 0.805. The average Bonchev–Trinajstić information content (AvgIpc) is 2.54. The number of rotatable bonds is 4. The first-order chi connectivity index (χ1) is 10.2. The summed E-state index contributed by atoms with van der Waals surface area (Å²) in [5, 5.41) is 11.9. The molecule has 1 aromatic carbocycles. The number of urea groups is 1. The molecule has 0 bridgehead atoms. The highest BCUT2D eigenvalue weighted by atomic mass is 32.2. The first-order valence-electron chi connectivity index (χ1n) is 7.41. The zero-order chi connectivity index (χ0) is 15.1. The molecule has 0 aliphatic carbocycles. The fraction of sp³-hybridized carbons (Fsp3) is 0.500. The van der Waals surface area contributed by atoms with Gasteiger partial charge in [0.05, 0.1) is 12.0 Å². The van der Waals surface area contributed by atoms with Crippen molar-refractivity contribution in [2.24, 2.45) is 5.92 Å². The molecule has 5 heteroatoms. The van der Waals surface area contributed by atoms with Crippen molar-refractivity contribution in [1.29, 1.82) is 5.26 Å². The molecule has 21 heavy (non-hydrogen) atoms. The van der Waals surface area contributed by atoms with E-state index in [2.05, 4.69) is 18.3 Å². The molecule has 112 valence electrons. The van der Waals surface area contributed by atoms with Gasteiger partial charge >= 0.3 is 6.03 Å². The van der Waals surface area contributed by atoms with Gasteiger partial charge in [-0.25, -0.2) is 4.79 Å². The molecule has 2 amide bonds. The van der Waals surface area contributed by atoms with E-state index in [4.69, 9.17) is 5.26 Å². The van der Waals surface area contributed by atoms with Crippen LogP contribution >= 0.6 is 11.8 Å². The second kappa shape index (κ2) is 7.94. The zero-order valence-electron chi connectivity index (χ0n) is 12.3. The molecule has 1 aliphatic rings. The molecule has 1 heterocycles. The van der Waals surface area contributed by atoms with Crippen LogP contribution in [0.25, 0.3) is 0 Å². The molecule has 0 unspecified atom stereocenters. The van der Waals surface area contributed by atoms with Gasteiger partial charge in [0.25, 0.3) is 0 Å². The number of nitrogens with one attached hydrogen (secondary N) is 1. The number of hydrogen-bond acceptors (Lipinski definition) is 3. The number of thioether (sulfide) groups is 1. The van der Waals surface area contributed by atoms with Gasteiger partial charge in [0.2, 0.25) is 0 Å². The Kier molecular flexibility index (Phi) is 5.94. The molecule has 0 aromatic heterocycles. The van der Waals surface area contributed by atoms with Crippen LogP contribution in [0.5, 0.6) is 0 Å². The van der Waals surface area contributed by atoms with Crippen molar-refractivity contribution in [2.45, 2.75) is 31.1 Å². The Morgan fingerprint density at radius 1 is 1.48 bits per heavy atom. The van der Waals surface area contributed by atoms with E-state index in [1.807, 2.05) is 36.0 Å². The van der Waals surface area contributed by atoms with Crippen LogP contribution < -0.4 is 5.32 Å². The van der Waals surface area contributed by atoms with E-state index in [9.17, 15) is 4.79 Å². The molecule has 4 nitrogen and oxygen atoms in total. The first-order valence-corrected chi connectivity index (χ1v) is 8.40. The van der Waals surface area contributed by atoms with Crippen LogP contribution in [0.1, 0.15) is 26.2 Å². The van der Waals surface area contributed by atoms with Crippen molar-refractivity contribution in [3.63, 3.8) is 0 Å².